The lowest BCUT2D eigenvalue weighted by molar-refractivity contribution is 0.0114. The molecule has 78 valence electrons. The maximum atomic E-state index is 12.9. The third-order valence-corrected chi connectivity index (χ3v) is 2.40. The summed E-state index contributed by atoms with van der Waals surface area (Å²) in [4.78, 5) is 3.74. The molecule has 0 aliphatic rings. The summed E-state index contributed by atoms with van der Waals surface area (Å²) < 4.78 is 26.5. The zero-order valence-electron chi connectivity index (χ0n) is 7.11. The van der Waals surface area contributed by atoms with Gasteiger partial charge in [0.25, 0.3) is 5.92 Å². The molecule has 0 bridgehead atoms. The molecule has 0 saturated carbocycles. The average molecular weight is 286 g/mol. The summed E-state index contributed by atoms with van der Waals surface area (Å²) in [5, 5.41) is 0.0846. The first kappa shape index (κ1) is 11.8. The second-order valence-electron chi connectivity index (χ2n) is 2.84. The summed E-state index contributed by atoms with van der Waals surface area (Å²) in [7, 11) is 0. The van der Waals surface area contributed by atoms with Crippen molar-refractivity contribution in [2.75, 3.05) is 6.54 Å². The number of halogens is 4. The van der Waals surface area contributed by atoms with Crippen LogP contribution in [0.1, 0.15) is 5.56 Å². The van der Waals surface area contributed by atoms with Crippen molar-refractivity contribution >= 4 is 27.5 Å². The van der Waals surface area contributed by atoms with Gasteiger partial charge in [-0.3, -0.25) is 0 Å². The van der Waals surface area contributed by atoms with Crippen molar-refractivity contribution in [2.45, 2.75) is 12.3 Å². The molecule has 14 heavy (non-hydrogen) atoms. The molecule has 2 nitrogen and oxygen atoms in total. The normalized spacial score (nSPS) is 11.8. The third-order valence-electron chi connectivity index (χ3n) is 1.63. The van der Waals surface area contributed by atoms with E-state index in [2.05, 4.69) is 20.9 Å². The SMILES string of the molecule is NCC(F)(F)Cc1cc(Br)cnc1Cl. The highest BCUT2D eigenvalue weighted by Gasteiger charge is 2.28. The van der Waals surface area contributed by atoms with Crippen LogP contribution in [0.25, 0.3) is 0 Å². The summed E-state index contributed by atoms with van der Waals surface area (Å²) in [5.74, 6) is -2.94. The summed E-state index contributed by atoms with van der Waals surface area (Å²) in [6.07, 6.45) is 0.960. The predicted molar refractivity (Wildman–Crippen MR) is 54.7 cm³/mol. The van der Waals surface area contributed by atoms with Gasteiger partial charge in [-0.2, -0.15) is 0 Å². The van der Waals surface area contributed by atoms with Crippen molar-refractivity contribution < 1.29 is 8.78 Å². The Morgan fingerprint density at radius 2 is 2.21 bits per heavy atom. The first-order valence-corrected chi connectivity index (χ1v) is 4.99. The molecule has 0 aromatic carbocycles. The Balaban J connectivity index is 2.91. The van der Waals surface area contributed by atoms with Gasteiger partial charge in [0.05, 0.1) is 6.54 Å². The molecule has 6 heteroatoms. The van der Waals surface area contributed by atoms with E-state index < -0.39 is 18.9 Å². The molecule has 0 aliphatic heterocycles. The Kier molecular flexibility index (Phi) is 3.80. The third kappa shape index (κ3) is 3.15. The van der Waals surface area contributed by atoms with Crippen LogP contribution >= 0.6 is 27.5 Å². The molecule has 0 atom stereocenters. The molecule has 0 fully saturated rings. The van der Waals surface area contributed by atoms with Crippen molar-refractivity contribution in [3.63, 3.8) is 0 Å². The summed E-state index contributed by atoms with van der Waals surface area (Å²) >= 11 is 8.78. The van der Waals surface area contributed by atoms with Gasteiger partial charge in [0.2, 0.25) is 0 Å². The minimum Gasteiger partial charge on any atom is -0.325 e. The van der Waals surface area contributed by atoms with Crippen LogP contribution in [-0.4, -0.2) is 17.5 Å². The van der Waals surface area contributed by atoms with E-state index in [0.29, 0.717) is 4.47 Å². The number of hydrogen-bond donors (Lipinski definition) is 1. The molecule has 0 saturated heterocycles. The standard InChI is InChI=1S/C8H8BrClF2N2/c9-6-1-5(7(10)14-3-6)2-8(11,12)4-13/h1,3H,2,4,13H2. The first-order valence-electron chi connectivity index (χ1n) is 3.82. The Morgan fingerprint density at radius 1 is 1.57 bits per heavy atom. The van der Waals surface area contributed by atoms with Gasteiger partial charge in [-0.25, -0.2) is 13.8 Å². The highest BCUT2D eigenvalue weighted by atomic mass is 79.9. The van der Waals surface area contributed by atoms with Crippen LogP contribution in [0.5, 0.6) is 0 Å². The Labute approximate surface area is 93.6 Å². The quantitative estimate of drug-likeness (QED) is 0.867. The van der Waals surface area contributed by atoms with E-state index in [1.54, 1.807) is 0 Å². The number of hydrogen-bond acceptors (Lipinski definition) is 2. The largest absolute Gasteiger partial charge is 0.325 e. The fraction of sp³-hybridized carbons (Fsp3) is 0.375. The van der Waals surface area contributed by atoms with Gasteiger partial charge in [0.15, 0.2) is 0 Å². The lowest BCUT2D eigenvalue weighted by Gasteiger charge is -2.14. The maximum absolute atomic E-state index is 12.9. The van der Waals surface area contributed by atoms with Crippen LogP contribution in [0, 0.1) is 0 Å². The molecule has 0 unspecified atom stereocenters. The van der Waals surface area contributed by atoms with E-state index in [4.69, 9.17) is 17.3 Å². The Hall–Kier alpha value is -0.260. The molecule has 0 spiro atoms. The highest BCUT2D eigenvalue weighted by Crippen LogP contribution is 2.25. The van der Waals surface area contributed by atoms with Crippen LogP contribution in [0.2, 0.25) is 5.15 Å². The number of rotatable bonds is 3. The van der Waals surface area contributed by atoms with Crippen LogP contribution in [0.15, 0.2) is 16.7 Å². The molecule has 0 amide bonds. The molecule has 1 aromatic rings. The second-order valence-corrected chi connectivity index (χ2v) is 4.11. The van der Waals surface area contributed by atoms with Crippen LogP contribution < -0.4 is 5.73 Å². The number of nitrogens with zero attached hydrogens (tertiary/aromatic N) is 1. The Bertz CT molecular complexity index is 333. The summed E-state index contributed by atoms with van der Waals surface area (Å²) in [5.41, 5.74) is 5.21. The fourth-order valence-electron chi connectivity index (χ4n) is 0.939. The minimum absolute atomic E-state index is 0.0846. The Morgan fingerprint density at radius 3 is 2.79 bits per heavy atom. The molecule has 0 radical (unpaired) electrons. The first-order chi connectivity index (χ1) is 6.44. The van der Waals surface area contributed by atoms with Crippen molar-refractivity contribution in [3.05, 3.63) is 27.5 Å². The summed E-state index contributed by atoms with van der Waals surface area (Å²) in [6.45, 7) is -0.699. The van der Waals surface area contributed by atoms with Crippen LogP contribution in [-0.2, 0) is 6.42 Å². The predicted octanol–water partition coefficient (Wildman–Crippen LogP) is 2.63. The van der Waals surface area contributed by atoms with Crippen LogP contribution in [0.4, 0.5) is 8.78 Å². The lowest BCUT2D eigenvalue weighted by atomic mass is 10.1. The zero-order valence-corrected chi connectivity index (χ0v) is 9.45. The fourth-order valence-corrected chi connectivity index (χ4v) is 1.49. The van der Waals surface area contributed by atoms with E-state index in [1.165, 1.54) is 12.3 Å². The van der Waals surface area contributed by atoms with Crippen LogP contribution in [0.3, 0.4) is 0 Å². The maximum Gasteiger partial charge on any atom is 0.264 e. The van der Waals surface area contributed by atoms with Gasteiger partial charge in [0, 0.05) is 17.1 Å². The van der Waals surface area contributed by atoms with E-state index in [9.17, 15) is 8.78 Å². The molecular formula is C8H8BrClF2N2. The smallest absolute Gasteiger partial charge is 0.264 e. The average Bonchev–Trinajstić information content (AvgIpc) is 2.11. The van der Waals surface area contributed by atoms with E-state index in [0.717, 1.165) is 0 Å². The lowest BCUT2D eigenvalue weighted by Crippen LogP contribution is -2.30. The number of aromatic nitrogens is 1. The minimum atomic E-state index is -2.94. The molecule has 1 aromatic heterocycles. The van der Waals surface area contributed by atoms with Gasteiger partial charge in [-0.05, 0) is 27.6 Å². The molecular weight excluding hydrogens is 277 g/mol. The topological polar surface area (TPSA) is 38.9 Å². The van der Waals surface area contributed by atoms with E-state index in [-0.39, 0.29) is 10.7 Å². The van der Waals surface area contributed by atoms with Gasteiger partial charge >= 0.3 is 0 Å². The highest BCUT2D eigenvalue weighted by molar-refractivity contribution is 9.10. The van der Waals surface area contributed by atoms with Crippen molar-refractivity contribution in [3.8, 4) is 0 Å². The van der Waals surface area contributed by atoms with Crippen molar-refractivity contribution in [1.82, 2.24) is 4.98 Å². The summed E-state index contributed by atoms with van der Waals surface area (Å²) in [6, 6.07) is 1.51. The van der Waals surface area contributed by atoms with Gasteiger partial charge in [-0.1, -0.05) is 11.6 Å². The molecule has 2 N–H and O–H groups in total. The molecule has 0 aliphatic carbocycles. The van der Waals surface area contributed by atoms with Crippen molar-refractivity contribution in [1.29, 1.82) is 0 Å². The van der Waals surface area contributed by atoms with Gasteiger partial charge in [-0.15, -0.1) is 0 Å². The van der Waals surface area contributed by atoms with E-state index in [1.807, 2.05) is 0 Å². The monoisotopic (exact) mass is 284 g/mol. The zero-order chi connectivity index (χ0) is 10.8. The molecule has 1 rings (SSSR count). The number of alkyl halides is 2. The van der Waals surface area contributed by atoms with Gasteiger partial charge in [0.1, 0.15) is 5.15 Å². The molecule has 1 heterocycles. The number of pyridine rings is 1. The van der Waals surface area contributed by atoms with E-state index >= 15 is 0 Å². The van der Waals surface area contributed by atoms with Crippen molar-refractivity contribution in [2.24, 2.45) is 5.73 Å². The number of nitrogens with two attached hydrogens (primary N) is 1. The second kappa shape index (κ2) is 4.51. The van der Waals surface area contributed by atoms with Gasteiger partial charge < -0.3 is 5.73 Å².